The van der Waals surface area contributed by atoms with Gasteiger partial charge in [0.15, 0.2) is 0 Å². The summed E-state index contributed by atoms with van der Waals surface area (Å²) in [7, 11) is 1.50. The highest BCUT2D eigenvalue weighted by Gasteiger charge is 2.11. The number of benzene rings is 2. The van der Waals surface area contributed by atoms with Gasteiger partial charge in [-0.05, 0) is 36.4 Å². The average Bonchev–Trinajstić information content (AvgIpc) is 2.56. The van der Waals surface area contributed by atoms with Gasteiger partial charge in [0.2, 0.25) is 11.8 Å². The molecule has 4 nitrogen and oxygen atoms in total. The number of nitrogens with zero attached hydrogens (tertiary/aromatic N) is 1. The molecule has 0 aromatic heterocycles. The van der Waals surface area contributed by atoms with E-state index in [9.17, 15) is 14.0 Å². The molecule has 0 aliphatic rings. The smallest absolute Gasteiger partial charge is 0.246 e. The Morgan fingerprint density at radius 3 is 2.50 bits per heavy atom. The number of amides is 2. The Bertz CT molecular complexity index is 760. The summed E-state index contributed by atoms with van der Waals surface area (Å²) < 4.78 is 13.5. The third kappa shape index (κ3) is 5.21. The maximum Gasteiger partial charge on any atom is 0.246 e. The zero-order chi connectivity index (χ0) is 17.5. The van der Waals surface area contributed by atoms with Crippen LogP contribution in [0, 0.1) is 5.82 Å². The molecule has 0 unspecified atom stereocenters. The standard InChI is InChI=1S/C18H16ClFN2O2/c1-22(12-17(23)21-15-9-7-14(19)8-10-15)18(24)11-6-13-4-2-3-5-16(13)20/h2-11H,12H2,1H3,(H,21,23)/b11-6+. The molecule has 0 aliphatic carbocycles. The van der Waals surface area contributed by atoms with E-state index in [0.29, 0.717) is 16.3 Å². The van der Waals surface area contributed by atoms with Crippen molar-refractivity contribution in [3.63, 3.8) is 0 Å². The number of anilines is 1. The van der Waals surface area contributed by atoms with Gasteiger partial charge >= 0.3 is 0 Å². The molecule has 0 radical (unpaired) electrons. The lowest BCUT2D eigenvalue weighted by atomic mass is 10.2. The third-order valence-corrected chi connectivity index (χ3v) is 3.45. The van der Waals surface area contributed by atoms with Crippen LogP contribution < -0.4 is 5.32 Å². The Kier molecular flexibility index (Phi) is 6.09. The van der Waals surface area contributed by atoms with Crippen molar-refractivity contribution in [3.8, 4) is 0 Å². The van der Waals surface area contributed by atoms with E-state index < -0.39 is 11.7 Å². The van der Waals surface area contributed by atoms with E-state index in [1.165, 1.54) is 30.2 Å². The molecule has 0 atom stereocenters. The first kappa shape index (κ1) is 17.7. The molecule has 2 rings (SSSR count). The molecule has 0 aliphatic heterocycles. The lowest BCUT2D eigenvalue weighted by Gasteiger charge is -2.14. The molecule has 2 amide bonds. The molecular formula is C18H16ClFN2O2. The van der Waals surface area contributed by atoms with Crippen LogP contribution in [0.5, 0.6) is 0 Å². The van der Waals surface area contributed by atoms with E-state index in [1.807, 2.05) is 0 Å². The molecule has 124 valence electrons. The van der Waals surface area contributed by atoms with Crippen molar-refractivity contribution in [2.75, 3.05) is 18.9 Å². The van der Waals surface area contributed by atoms with E-state index in [-0.39, 0.29) is 12.5 Å². The van der Waals surface area contributed by atoms with Crippen molar-refractivity contribution in [1.82, 2.24) is 4.90 Å². The molecule has 6 heteroatoms. The zero-order valence-corrected chi connectivity index (χ0v) is 13.8. The second kappa shape index (κ2) is 8.26. The van der Waals surface area contributed by atoms with Gasteiger partial charge in [0.25, 0.3) is 0 Å². The fraction of sp³-hybridized carbons (Fsp3) is 0.111. The molecule has 0 heterocycles. The number of hydrogen-bond donors (Lipinski definition) is 1. The fourth-order valence-electron chi connectivity index (χ4n) is 1.93. The lowest BCUT2D eigenvalue weighted by molar-refractivity contribution is -0.129. The SMILES string of the molecule is CN(CC(=O)Nc1ccc(Cl)cc1)C(=O)/C=C/c1ccccc1F. The van der Waals surface area contributed by atoms with Crippen LogP contribution in [-0.4, -0.2) is 30.3 Å². The monoisotopic (exact) mass is 346 g/mol. The summed E-state index contributed by atoms with van der Waals surface area (Å²) in [6.07, 6.45) is 2.61. The number of carbonyl (C=O) groups is 2. The van der Waals surface area contributed by atoms with Crippen LogP contribution in [0.3, 0.4) is 0 Å². The highest BCUT2D eigenvalue weighted by atomic mass is 35.5. The molecule has 1 N–H and O–H groups in total. The van der Waals surface area contributed by atoms with Crippen molar-refractivity contribution in [2.45, 2.75) is 0 Å². The molecule has 0 spiro atoms. The molecule has 24 heavy (non-hydrogen) atoms. The second-order valence-corrected chi connectivity index (χ2v) is 5.54. The van der Waals surface area contributed by atoms with Gasteiger partial charge in [-0.25, -0.2) is 4.39 Å². The van der Waals surface area contributed by atoms with E-state index in [1.54, 1.807) is 42.5 Å². The first-order valence-corrected chi connectivity index (χ1v) is 7.56. The van der Waals surface area contributed by atoms with Crippen LogP contribution in [0.15, 0.2) is 54.6 Å². The van der Waals surface area contributed by atoms with Crippen LogP contribution in [0.2, 0.25) is 5.02 Å². The first-order valence-electron chi connectivity index (χ1n) is 7.19. The van der Waals surface area contributed by atoms with Crippen molar-refractivity contribution < 1.29 is 14.0 Å². The van der Waals surface area contributed by atoms with Gasteiger partial charge in [0.1, 0.15) is 5.82 Å². The molecular weight excluding hydrogens is 331 g/mol. The molecule has 0 bridgehead atoms. The van der Waals surface area contributed by atoms with Crippen molar-refractivity contribution in [2.24, 2.45) is 0 Å². The van der Waals surface area contributed by atoms with E-state index >= 15 is 0 Å². The molecule has 2 aromatic carbocycles. The minimum atomic E-state index is -0.412. The van der Waals surface area contributed by atoms with Crippen LogP contribution in [0.1, 0.15) is 5.56 Å². The topological polar surface area (TPSA) is 49.4 Å². The Morgan fingerprint density at radius 2 is 1.83 bits per heavy atom. The van der Waals surface area contributed by atoms with Crippen molar-refractivity contribution in [1.29, 1.82) is 0 Å². The molecule has 0 fully saturated rings. The van der Waals surface area contributed by atoms with Gasteiger partial charge in [-0.3, -0.25) is 9.59 Å². The number of nitrogens with one attached hydrogen (secondary N) is 1. The lowest BCUT2D eigenvalue weighted by Crippen LogP contribution is -2.33. The van der Waals surface area contributed by atoms with Gasteiger partial charge in [0, 0.05) is 29.4 Å². The van der Waals surface area contributed by atoms with Crippen LogP contribution in [-0.2, 0) is 9.59 Å². The molecule has 2 aromatic rings. The Hall–Kier alpha value is -2.66. The predicted molar refractivity (Wildman–Crippen MR) is 93.2 cm³/mol. The Morgan fingerprint density at radius 1 is 1.17 bits per heavy atom. The zero-order valence-electron chi connectivity index (χ0n) is 13.0. The minimum absolute atomic E-state index is 0.122. The van der Waals surface area contributed by atoms with Gasteiger partial charge in [-0.1, -0.05) is 29.8 Å². The predicted octanol–water partition coefficient (Wildman–Crippen LogP) is 3.59. The third-order valence-electron chi connectivity index (χ3n) is 3.20. The second-order valence-electron chi connectivity index (χ2n) is 5.10. The van der Waals surface area contributed by atoms with E-state index in [4.69, 9.17) is 11.6 Å². The summed E-state index contributed by atoms with van der Waals surface area (Å²) in [5, 5.41) is 3.23. The summed E-state index contributed by atoms with van der Waals surface area (Å²) in [6, 6.07) is 12.8. The number of rotatable bonds is 5. The number of likely N-dealkylation sites (N-methyl/N-ethyl adjacent to an activating group) is 1. The minimum Gasteiger partial charge on any atom is -0.333 e. The summed E-state index contributed by atoms with van der Waals surface area (Å²) >= 11 is 5.77. The fourth-order valence-corrected chi connectivity index (χ4v) is 2.05. The van der Waals surface area contributed by atoms with Crippen LogP contribution in [0.25, 0.3) is 6.08 Å². The molecule has 0 saturated carbocycles. The van der Waals surface area contributed by atoms with Crippen molar-refractivity contribution in [3.05, 3.63) is 71.0 Å². The number of hydrogen-bond acceptors (Lipinski definition) is 2. The highest BCUT2D eigenvalue weighted by molar-refractivity contribution is 6.30. The van der Waals surface area contributed by atoms with Gasteiger partial charge in [-0.15, -0.1) is 0 Å². The summed E-state index contributed by atoms with van der Waals surface area (Å²) in [4.78, 5) is 25.1. The van der Waals surface area contributed by atoms with Crippen molar-refractivity contribution >= 4 is 35.2 Å². The summed E-state index contributed by atoms with van der Waals surface area (Å²) in [5.41, 5.74) is 0.900. The number of halogens is 2. The summed E-state index contributed by atoms with van der Waals surface area (Å²) in [5.74, 6) is -1.15. The highest BCUT2D eigenvalue weighted by Crippen LogP contribution is 2.13. The largest absolute Gasteiger partial charge is 0.333 e. The Balaban J connectivity index is 1.90. The van der Waals surface area contributed by atoms with Crippen LogP contribution >= 0.6 is 11.6 Å². The first-order chi connectivity index (χ1) is 11.5. The summed E-state index contributed by atoms with van der Waals surface area (Å²) in [6.45, 7) is -0.122. The van der Waals surface area contributed by atoms with Gasteiger partial charge < -0.3 is 10.2 Å². The van der Waals surface area contributed by atoms with Gasteiger partial charge in [0.05, 0.1) is 6.54 Å². The quantitative estimate of drug-likeness (QED) is 0.841. The molecule has 0 saturated heterocycles. The normalized spacial score (nSPS) is 10.6. The van der Waals surface area contributed by atoms with Crippen LogP contribution in [0.4, 0.5) is 10.1 Å². The average molecular weight is 347 g/mol. The van der Waals surface area contributed by atoms with Gasteiger partial charge in [-0.2, -0.15) is 0 Å². The maximum absolute atomic E-state index is 13.5. The maximum atomic E-state index is 13.5. The number of carbonyl (C=O) groups excluding carboxylic acids is 2. The Labute approximate surface area is 144 Å². The van der Waals surface area contributed by atoms with E-state index in [2.05, 4.69) is 5.32 Å². The van der Waals surface area contributed by atoms with E-state index in [0.717, 1.165) is 0 Å².